The molecule has 1 amide bonds. The van der Waals surface area contributed by atoms with Crippen LogP contribution in [0.25, 0.3) is 6.08 Å². The molecule has 0 saturated carbocycles. The van der Waals surface area contributed by atoms with Gasteiger partial charge in [-0.25, -0.2) is 4.39 Å². The van der Waals surface area contributed by atoms with Gasteiger partial charge in [-0.3, -0.25) is 9.59 Å². The maximum atomic E-state index is 13.6. The summed E-state index contributed by atoms with van der Waals surface area (Å²) in [6, 6.07) is 22.4. The molecule has 1 aliphatic rings. The summed E-state index contributed by atoms with van der Waals surface area (Å²) in [5, 5.41) is 11.3. The summed E-state index contributed by atoms with van der Waals surface area (Å²) in [5.74, 6) is -1.37. The molecule has 1 unspecified atom stereocenters. The van der Waals surface area contributed by atoms with Crippen LogP contribution in [-0.4, -0.2) is 16.8 Å². The molecular weight excluding hydrogens is 405 g/mol. The highest BCUT2D eigenvalue weighted by Crippen LogP contribution is 2.43. The minimum Gasteiger partial charge on any atom is -0.375 e. The predicted molar refractivity (Wildman–Crippen MR) is 122 cm³/mol. The van der Waals surface area contributed by atoms with Crippen LogP contribution in [0.15, 0.2) is 97.1 Å². The number of fused-ring (bicyclic) bond motifs is 1. The zero-order valence-electron chi connectivity index (χ0n) is 17.3. The lowest BCUT2D eigenvalue weighted by atomic mass is 9.90. The molecule has 32 heavy (non-hydrogen) atoms. The fourth-order valence-electron chi connectivity index (χ4n) is 3.86. The summed E-state index contributed by atoms with van der Waals surface area (Å²) >= 11 is 0. The number of halogens is 1. The van der Waals surface area contributed by atoms with Crippen LogP contribution >= 0.6 is 0 Å². The van der Waals surface area contributed by atoms with Crippen LogP contribution in [0, 0.1) is 5.82 Å². The molecule has 0 aromatic heterocycles. The Bertz CT molecular complexity index is 1200. The van der Waals surface area contributed by atoms with E-state index in [1.54, 1.807) is 48.6 Å². The highest BCUT2D eigenvalue weighted by Gasteiger charge is 2.50. The largest absolute Gasteiger partial charge is 0.375 e. The molecule has 3 aromatic carbocycles. The monoisotopic (exact) mass is 427 g/mol. The number of amides is 1. The van der Waals surface area contributed by atoms with E-state index < -0.39 is 17.3 Å². The molecule has 0 saturated heterocycles. The second-order valence-electron chi connectivity index (χ2n) is 7.67. The molecule has 4 nitrogen and oxygen atoms in total. The minimum absolute atomic E-state index is 0.0970. The van der Waals surface area contributed by atoms with E-state index in [9.17, 15) is 19.1 Å². The van der Waals surface area contributed by atoms with E-state index in [1.165, 1.54) is 23.1 Å². The lowest BCUT2D eigenvalue weighted by Crippen LogP contribution is -2.41. The van der Waals surface area contributed by atoms with Crippen molar-refractivity contribution in [2.75, 3.05) is 4.90 Å². The molecule has 3 aromatic rings. The van der Waals surface area contributed by atoms with Gasteiger partial charge in [0.05, 0.1) is 18.7 Å². The van der Waals surface area contributed by atoms with Crippen LogP contribution < -0.4 is 4.90 Å². The molecule has 1 aliphatic heterocycles. The lowest BCUT2D eigenvalue weighted by Gasteiger charge is -2.22. The highest BCUT2D eigenvalue weighted by atomic mass is 19.1. The van der Waals surface area contributed by atoms with E-state index in [-0.39, 0.29) is 18.7 Å². The van der Waals surface area contributed by atoms with Crippen molar-refractivity contribution >= 4 is 23.5 Å². The highest BCUT2D eigenvalue weighted by molar-refractivity contribution is 6.09. The number of hydrogen-bond donors (Lipinski definition) is 1. The van der Waals surface area contributed by atoms with Crippen LogP contribution in [-0.2, 0) is 21.7 Å². The summed E-state index contributed by atoms with van der Waals surface area (Å²) in [4.78, 5) is 27.2. The molecule has 1 atom stereocenters. The third-order valence-corrected chi connectivity index (χ3v) is 5.38. The number of ketones is 1. The van der Waals surface area contributed by atoms with Crippen molar-refractivity contribution < 1.29 is 19.1 Å². The second-order valence-corrected chi connectivity index (χ2v) is 7.67. The summed E-state index contributed by atoms with van der Waals surface area (Å²) in [5.41, 5.74) is 0.521. The zero-order chi connectivity index (χ0) is 22.6. The third kappa shape index (κ3) is 4.43. The fraction of sp³-hybridized carbons (Fsp3) is 0.111. The van der Waals surface area contributed by atoms with Gasteiger partial charge in [0, 0.05) is 5.56 Å². The Morgan fingerprint density at radius 3 is 2.50 bits per heavy atom. The number of anilines is 1. The molecular formula is C27H22FNO3. The maximum Gasteiger partial charge on any atom is 0.264 e. The summed E-state index contributed by atoms with van der Waals surface area (Å²) in [7, 11) is 0. The summed E-state index contributed by atoms with van der Waals surface area (Å²) in [6.07, 6.45) is 6.16. The number of allylic oxidation sites excluding steroid dienone is 3. The molecule has 0 bridgehead atoms. The van der Waals surface area contributed by atoms with Crippen molar-refractivity contribution in [1.82, 2.24) is 0 Å². The van der Waals surface area contributed by atoms with Crippen LogP contribution in [0.5, 0.6) is 0 Å². The molecule has 160 valence electrons. The van der Waals surface area contributed by atoms with Crippen LogP contribution in [0.2, 0.25) is 0 Å². The van der Waals surface area contributed by atoms with Gasteiger partial charge in [-0.2, -0.15) is 0 Å². The van der Waals surface area contributed by atoms with Crippen molar-refractivity contribution in [2.45, 2.75) is 18.6 Å². The number of para-hydroxylation sites is 1. The fourth-order valence-corrected chi connectivity index (χ4v) is 3.86. The van der Waals surface area contributed by atoms with Crippen molar-refractivity contribution in [3.8, 4) is 0 Å². The molecule has 1 N–H and O–H groups in total. The number of hydrogen-bond acceptors (Lipinski definition) is 3. The Morgan fingerprint density at radius 1 is 0.969 bits per heavy atom. The SMILES string of the molecule is O=C(C=CC=Cc1ccccc1)CC1(O)C(=O)N(Cc2cccc(F)c2)c2ccccc21. The number of benzene rings is 3. The Labute approximate surface area is 185 Å². The number of carbonyl (C=O) groups is 2. The van der Waals surface area contributed by atoms with Gasteiger partial charge in [0.25, 0.3) is 5.91 Å². The molecule has 0 radical (unpaired) electrons. The van der Waals surface area contributed by atoms with Gasteiger partial charge in [0.15, 0.2) is 11.4 Å². The van der Waals surface area contributed by atoms with Crippen molar-refractivity contribution in [1.29, 1.82) is 0 Å². The van der Waals surface area contributed by atoms with E-state index in [2.05, 4.69) is 0 Å². The smallest absolute Gasteiger partial charge is 0.264 e. The molecule has 5 heteroatoms. The molecule has 0 spiro atoms. The normalized spacial score (nSPS) is 17.9. The number of aliphatic hydroxyl groups is 1. The summed E-state index contributed by atoms with van der Waals surface area (Å²) in [6.45, 7) is 0.0970. The average molecular weight is 427 g/mol. The molecule has 1 heterocycles. The third-order valence-electron chi connectivity index (χ3n) is 5.38. The van der Waals surface area contributed by atoms with E-state index in [0.717, 1.165) is 5.56 Å². The Balaban J connectivity index is 1.52. The Kier molecular flexibility index (Phi) is 6.10. The van der Waals surface area contributed by atoms with Crippen molar-refractivity contribution in [3.05, 3.63) is 120 Å². The Hall–Kier alpha value is -3.83. The first-order chi connectivity index (χ1) is 15.5. The van der Waals surface area contributed by atoms with E-state index in [1.807, 2.05) is 36.4 Å². The molecule has 0 fully saturated rings. The van der Waals surface area contributed by atoms with Gasteiger partial charge in [0.1, 0.15) is 5.82 Å². The van der Waals surface area contributed by atoms with Gasteiger partial charge in [0.2, 0.25) is 0 Å². The first kappa shape index (κ1) is 21.4. The minimum atomic E-state index is -1.96. The van der Waals surface area contributed by atoms with Crippen molar-refractivity contribution in [3.63, 3.8) is 0 Å². The molecule has 4 rings (SSSR count). The quantitative estimate of drug-likeness (QED) is 0.436. The average Bonchev–Trinajstić information content (AvgIpc) is 2.99. The topological polar surface area (TPSA) is 57.6 Å². The lowest BCUT2D eigenvalue weighted by molar-refractivity contribution is -0.140. The van der Waals surface area contributed by atoms with Gasteiger partial charge >= 0.3 is 0 Å². The zero-order valence-corrected chi connectivity index (χ0v) is 17.3. The van der Waals surface area contributed by atoms with E-state index in [0.29, 0.717) is 16.8 Å². The second kappa shape index (κ2) is 9.12. The number of nitrogens with zero attached hydrogens (tertiary/aromatic N) is 1. The van der Waals surface area contributed by atoms with Crippen LogP contribution in [0.4, 0.5) is 10.1 Å². The van der Waals surface area contributed by atoms with Crippen LogP contribution in [0.1, 0.15) is 23.1 Å². The summed E-state index contributed by atoms with van der Waals surface area (Å²) < 4.78 is 13.6. The molecule has 0 aliphatic carbocycles. The van der Waals surface area contributed by atoms with Gasteiger partial charge < -0.3 is 10.0 Å². The number of carbonyl (C=O) groups excluding carboxylic acids is 2. The maximum absolute atomic E-state index is 13.6. The standard InChI is InChI=1S/C27H22FNO3/c28-22-13-8-12-21(17-22)19-29-25-16-7-6-15-24(25)27(32,26(29)31)18-23(30)14-5-4-11-20-9-2-1-3-10-20/h1-17,32H,18-19H2. The van der Waals surface area contributed by atoms with E-state index in [4.69, 9.17) is 0 Å². The van der Waals surface area contributed by atoms with Crippen LogP contribution in [0.3, 0.4) is 0 Å². The Morgan fingerprint density at radius 2 is 1.72 bits per heavy atom. The predicted octanol–water partition coefficient (Wildman–Crippen LogP) is 4.79. The van der Waals surface area contributed by atoms with Gasteiger partial charge in [-0.05, 0) is 35.4 Å². The number of rotatable bonds is 7. The van der Waals surface area contributed by atoms with E-state index >= 15 is 0 Å². The first-order valence-electron chi connectivity index (χ1n) is 10.3. The van der Waals surface area contributed by atoms with Crippen molar-refractivity contribution in [2.24, 2.45) is 0 Å². The van der Waals surface area contributed by atoms with Gasteiger partial charge in [-0.15, -0.1) is 0 Å². The first-order valence-corrected chi connectivity index (χ1v) is 10.3. The van der Waals surface area contributed by atoms with Gasteiger partial charge in [-0.1, -0.05) is 78.9 Å².